The molecule has 6 nitrogen and oxygen atoms in total. The lowest BCUT2D eigenvalue weighted by Gasteiger charge is -2.45. The van der Waals surface area contributed by atoms with E-state index in [2.05, 4.69) is 5.32 Å². The van der Waals surface area contributed by atoms with Crippen LogP contribution in [0.25, 0.3) is 0 Å². The predicted octanol–water partition coefficient (Wildman–Crippen LogP) is 0.728. The monoisotopic (exact) mass is 264 g/mol. The molecule has 1 aliphatic rings. The van der Waals surface area contributed by atoms with Gasteiger partial charge in [-0.1, -0.05) is 30.3 Å². The highest BCUT2D eigenvalue weighted by molar-refractivity contribution is 5.93. The van der Waals surface area contributed by atoms with Crippen molar-refractivity contribution in [1.82, 2.24) is 10.2 Å². The van der Waals surface area contributed by atoms with Gasteiger partial charge in [0.05, 0.1) is 6.54 Å². The van der Waals surface area contributed by atoms with E-state index in [1.165, 1.54) is 12.0 Å². The number of benzene rings is 1. The molecule has 1 atom stereocenters. The molecule has 6 heteroatoms. The third-order valence-corrected chi connectivity index (χ3v) is 3.02. The van der Waals surface area contributed by atoms with Crippen molar-refractivity contribution in [3.63, 3.8) is 0 Å². The van der Waals surface area contributed by atoms with Crippen molar-refractivity contribution in [3.8, 4) is 0 Å². The van der Waals surface area contributed by atoms with Gasteiger partial charge in [0.1, 0.15) is 6.61 Å². The number of rotatable bonds is 4. The quantitative estimate of drug-likeness (QED) is 0.643. The molecule has 1 fully saturated rings. The number of carbonyl (C=O) groups is 2. The maximum atomic E-state index is 11.7. The van der Waals surface area contributed by atoms with Crippen LogP contribution in [0.5, 0.6) is 0 Å². The van der Waals surface area contributed by atoms with Crippen LogP contribution in [0.4, 0.5) is 4.79 Å². The second-order valence-corrected chi connectivity index (χ2v) is 4.38. The summed E-state index contributed by atoms with van der Waals surface area (Å²) in [6.45, 7) is 0.458. The summed E-state index contributed by atoms with van der Waals surface area (Å²) in [7, 11) is 3.01. The second-order valence-electron chi connectivity index (χ2n) is 4.38. The largest absolute Gasteiger partial charge is 0.445 e. The molecule has 19 heavy (non-hydrogen) atoms. The van der Waals surface area contributed by atoms with Gasteiger partial charge in [-0.25, -0.2) is 4.79 Å². The van der Waals surface area contributed by atoms with Crippen molar-refractivity contribution in [1.29, 1.82) is 0 Å². The highest BCUT2D eigenvalue weighted by atomic mass is 16.6. The lowest BCUT2D eigenvalue weighted by Crippen LogP contribution is -2.74. The third kappa shape index (κ3) is 2.68. The van der Waals surface area contributed by atoms with Crippen LogP contribution in [-0.4, -0.2) is 43.3 Å². The van der Waals surface area contributed by atoms with Gasteiger partial charge in [0.25, 0.3) is 5.91 Å². The van der Waals surface area contributed by atoms with Crippen LogP contribution in [0.3, 0.4) is 0 Å². The lowest BCUT2D eigenvalue weighted by molar-refractivity contribution is -0.183. The predicted molar refractivity (Wildman–Crippen MR) is 67.1 cm³/mol. The minimum atomic E-state index is -1.28. The molecule has 1 unspecified atom stereocenters. The van der Waals surface area contributed by atoms with E-state index in [1.54, 1.807) is 7.05 Å². The Bertz CT molecular complexity index is 477. The fourth-order valence-electron chi connectivity index (χ4n) is 1.91. The first-order chi connectivity index (χ1) is 9.07. The summed E-state index contributed by atoms with van der Waals surface area (Å²) in [5.74, 6) is -0.285. The lowest BCUT2D eigenvalue weighted by atomic mass is 10.0. The summed E-state index contributed by atoms with van der Waals surface area (Å²) in [5, 5.41) is 2.46. The molecule has 0 aliphatic carbocycles. The summed E-state index contributed by atoms with van der Waals surface area (Å²) >= 11 is 0. The Morgan fingerprint density at radius 2 is 2.11 bits per heavy atom. The first-order valence-electron chi connectivity index (χ1n) is 5.87. The summed E-state index contributed by atoms with van der Waals surface area (Å²) < 4.78 is 10.1. The van der Waals surface area contributed by atoms with Gasteiger partial charge in [-0.2, -0.15) is 0 Å². The maximum absolute atomic E-state index is 11.7. The van der Waals surface area contributed by atoms with Crippen molar-refractivity contribution in [2.45, 2.75) is 12.3 Å². The molecule has 2 amide bonds. The van der Waals surface area contributed by atoms with Crippen LogP contribution in [0.1, 0.15) is 5.56 Å². The number of methoxy groups -OCH3 is 1. The Balaban J connectivity index is 1.86. The number of likely N-dealkylation sites (tertiary alicyclic amines) is 1. The minimum absolute atomic E-state index is 0.149. The van der Waals surface area contributed by atoms with Crippen LogP contribution >= 0.6 is 0 Å². The fraction of sp³-hybridized carbons (Fsp3) is 0.385. The Morgan fingerprint density at radius 1 is 1.42 bits per heavy atom. The average molecular weight is 264 g/mol. The molecule has 1 aromatic rings. The van der Waals surface area contributed by atoms with Crippen LogP contribution in [-0.2, 0) is 20.9 Å². The van der Waals surface area contributed by atoms with Gasteiger partial charge in [0.15, 0.2) is 0 Å². The first-order valence-corrected chi connectivity index (χ1v) is 5.87. The molecular formula is C13H16N2O4. The van der Waals surface area contributed by atoms with E-state index in [-0.39, 0.29) is 12.5 Å². The SMILES string of the molecule is COC1(NC(=O)OCc2ccccc2)CN(C)C1=O. The van der Waals surface area contributed by atoms with Gasteiger partial charge >= 0.3 is 6.09 Å². The van der Waals surface area contributed by atoms with Gasteiger partial charge in [0.2, 0.25) is 5.72 Å². The molecule has 1 N–H and O–H groups in total. The number of hydrogen-bond donors (Lipinski definition) is 1. The number of hydrogen-bond acceptors (Lipinski definition) is 4. The molecule has 102 valence electrons. The number of ether oxygens (including phenoxy) is 2. The smallest absolute Gasteiger partial charge is 0.410 e. The first kappa shape index (κ1) is 13.4. The maximum Gasteiger partial charge on any atom is 0.410 e. The molecule has 0 radical (unpaired) electrons. The number of amides is 2. The number of likely N-dealkylation sites (N-methyl/N-ethyl adjacent to an activating group) is 1. The van der Waals surface area contributed by atoms with E-state index in [9.17, 15) is 9.59 Å². The highest BCUT2D eigenvalue weighted by Crippen LogP contribution is 2.21. The Morgan fingerprint density at radius 3 is 2.63 bits per heavy atom. The van der Waals surface area contributed by atoms with E-state index in [1.807, 2.05) is 30.3 Å². The van der Waals surface area contributed by atoms with E-state index in [0.29, 0.717) is 6.54 Å². The van der Waals surface area contributed by atoms with E-state index >= 15 is 0 Å². The van der Waals surface area contributed by atoms with Crippen molar-refractivity contribution >= 4 is 12.0 Å². The molecule has 2 rings (SSSR count). The highest BCUT2D eigenvalue weighted by Gasteiger charge is 2.53. The van der Waals surface area contributed by atoms with Crippen molar-refractivity contribution in [3.05, 3.63) is 35.9 Å². The Kier molecular flexibility index (Phi) is 3.71. The van der Waals surface area contributed by atoms with Crippen molar-refractivity contribution in [2.75, 3.05) is 20.7 Å². The Labute approximate surface area is 111 Å². The Hall–Kier alpha value is -2.08. The molecule has 1 heterocycles. The zero-order valence-corrected chi connectivity index (χ0v) is 10.9. The molecule has 1 aromatic carbocycles. The summed E-state index contributed by atoms with van der Waals surface area (Å²) in [5.41, 5.74) is -0.399. The second kappa shape index (κ2) is 5.27. The molecule has 1 aliphatic heterocycles. The summed E-state index contributed by atoms with van der Waals surface area (Å²) in [6, 6.07) is 9.30. The zero-order valence-electron chi connectivity index (χ0n) is 10.9. The molecule has 0 bridgehead atoms. The third-order valence-electron chi connectivity index (χ3n) is 3.02. The number of β-lactam (4-membered cyclic amide) rings is 1. The van der Waals surface area contributed by atoms with Crippen LogP contribution < -0.4 is 5.32 Å². The summed E-state index contributed by atoms with van der Waals surface area (Å²) in [6.07, 6.45) is -0.674. The fourth-order valence-corrected chi connectivity index (χ4v) is 1.91. The number of nitrogens with zero attached hydrogens (tertiary/aromatic N) is 1. The van der Waals surface area contributed by atoms with Crippen LogP contribution in [0.2, 0.25) is 0 Å². The standard InChI is InChI=1S/C13H16N2O4/c1-15-9-13(18-2,11(15)16)14-12(17)19-8-10-6-4-3-5-7-10/h3-7H,8-9H2,1-2H3,(H,14,17). The van der Waals surface area contributed by atoms with Crippen molar-refractivity contribution in [2.24, 2.45) is 0 Å². The molecule has 1 saturated heterocycles. The molecular weight excluding hydrogens is 248 g/mol. The molecule has 0 spiro atoms. The summed E-state index contributed by atoms with van der Waals surface area (Å²) in [4.78, 5) is 24.8. The average Bonchev–Trinajstić information content (AvgIpc) is 2.45. The van der Waals surface area contributed by atoms with Crippen LogP contribution in [0, 0.1) is 0 Å². The topological polar surface area (TPSA) is 67.9 Å². The zero-order chi connectivity index (χ0) is 13.9. The van der Waals surface area contributed by atoms with Gasteiger partial charge in [-0.3, -0.25) is 10.1 Å². The molecule has 0 aromatic heterocycles. The minimum Gasteiger partial charge on any atom is -0.445 e. The van der Waals surface area contributed by atoms with E-state index < -0.39 is 11.8 Å². The number of alkyl carbamates (subject to hydrolysis) is 1. The van der Waals surface area contributed by atoms with Gasteiger partial charge in [-0.05, 0) is 5.56 Å². The van der Waals surface area contributed by atoms with Crippen molar-refractivity contribution < 1.29 is 19.1 Å². The van der Waals surface area contributed by atoms with Crippen LogP contribution in [0.15, 0.2) is 30.3 Å². The van der Waals surface area contributed by atoms with Gasteiger partial charge in [0, 0.05) is 14.2 Å². The number of carbonyl (C=O) groups excluding carboxylic acids is 2. The number of nitrogens with one attached hydrogen (secondary N) is 1. The van der Waals surface area contributed by atoms with E-state index in [0.717, 1.165) is 5.56 Å². The van der Waals surface area contributed by atoms with E-state index in [4.69, 9.17) is 9.47 Å². The normalized spacial score (nSPS) is 21.8. The van der Waals surface area contributed by atoms with Gasteiger partial charge < -0.3 is 14.4 Å². The van der Waals surface area contributed by atoms with Gasteiger partial charge in [-0.15, -0.1) is 0 Å². The molecule has 0 saturated carbocycles.